The molecule has 7 rings (SSSR count). The lowest BCUT2D eigenvalue weighted by Gasteiger charge is -2.60. The summed E-state index contributed by atoms with van der Waals surface area (Å²) in [6.45, 7) is 5.82. The molecule has 228 valence electrons. The molecule has 4 heterocycles. The van der Waals surface area contributed by atoms with Gasteiger partial charge in [0.25, 0.3) is 0 Å². The molecule has 4 aliphatic heterocycles. The summed E-state index contributed by atoms with van der Waals surface area (Å²) in [5, 5.41) is 1.15. The average molecular weight is 630 g/mol. The van der Waals surface area contributed by atoms with Crippen LogP contribution >= 0.6 is 23.2 Å². The molecule has 9 atom stereocenters. The smallest absolute Gasteiger partial charge is 0.333 e. The van der Waals surface area contributed by atoms with E-state index < -0.39 is 42.0 Å². The lowest BCUT2D eigenvalue weighted by Crippen LogP contribution is -2.72. The lowest BCUT2D eigenvalue weighted by molar-refractivity contribution is -0.577. The maximum absolute atomic E-state index is 13.0. The van der Waals surface area contributed by atoms with Crippen molar-refractivity contribution in [3.05, 3.63) is 81.9 Å². The molecule has 0 unspecified atom stereocenters. The van der Waals surface area contributed by atoms with Gasteiger partial charge >= 0.3 is 11.9 Å². The highest BCUT2D eigenvalue weighted by Gasteiger charge is 2.71. The van der Waals surface area contributed by atoms with Gasteiger partial charge in [0, 0.05) is 46.4 Å². The summed E-state index contributed by atoms with van der Waals surface area (Å²) >= 11 is 12.1. The van der Waals surface area contributed by atoms with Crippen LogP contribution in [-0.2, 0) is 38.3 Å². The second-order valence-electron chi connectivity index (χ2n) is 12.0. The van der Waals surface area contributed by atoms with E-state index in [-0.39, 0.29) is 23.7 Å². The highest BCUT2D eigenvalue weighted by Crippen LogP contribution is 2.61. The van der Waals surface area contributed by atoms with Crippen LogP contribution in [0.5, 0.6) is 0 Å². The molecule has 1 saturated carbocycles. The maximum Gasteiger partial charge on any atom is 0.333 e. The topological polar surface area (TPSA) is 89.5 Å². The molecule has 1 aliphatic carbocycles. The third-order valence-electron chi connectivity index (χ3n) is 9.21. The summed E-state index contributed by atoms with van der Waals surface area (Å²) in [6, 6.07) is 14.4. The number of carbonyl (C=O) groups excluding carboxylic acids is 2. The Hall–Kier alpha value is -2.72. The lowest BCUT2D eigenvalue weighted by atomic mass is 9.57. The molecule has 2 aromatic rings. The van der Waals surface area contributed by atoms with E-state index in [0.717, 1.165) is 17.5 Å². The van der Waals surface area contributed by atoms with E-state index >= 15 is 0 Å². The number of fused-ring (bicyclic) bond motifs is 2. The minimum absolute atomic E-state index is 0.0783. The Bertz CT molecular complexity index is 1440. The normalized spacial score (nSPS) is 36.7. The number of hydrogen-bond donors (Lipinski definition) is 0. The van der Waals surface area contributed by atoms with E-state index in [0.29, 0.717) is 22.9 Å². The molecule has 2 aromatic carbocycles. The van der Waals surface area contributed by atoms with E-state index in [2.05, 4.69) is 6.92 Å². The first kappa shape index (κ1) is 30.3. The van der Waals surface area contributed by atoms with Gasteiger partial charge in [-0.15, -0.1) is 0 Å². The van der Waals surface area contributed by atoms with Crippen LogP contribution in [0, 0.1) is 23.7 Å². The second kappa shape index (κ2) is 12.0. The minimum Gasteiger partial charge on any atom is -0.459 e. The van der Waals surface area contributed by atoms with Crippen molar-refractivity contribution < 1.29 is 38.3 Å². The highest BCUT2D eigenvalue weighted by molar-refractivity contribution is 6.31. The van der Waals surface area contributed by atoms with Crippen molar-refractivity contribution in [3.63, 3.8) is 0 Å². The molecular weight excluding hydrogens is 595 g/mol. The van der Waals surface area contributed by atoms with Crippen LogP contribution in [0.3, 0.4) is 0 Å². The Morgan fingerprint density at radius 3 is 2.14 bits per heavy atom. The fraction of sp³-hybridized carbons (Fsp3) is 0.455. The molecule has 4 saturated heterocycles. The van der Waals surface area contributed by atoms with Crippen LogP contribution in [0.4, 0.5) is 0 Å². The molecule has 0 radical (unpaired) electrons. The van der Waals surface area contributed by atoms with Crippen LogP contribution in [0.25, 0.3) is 12.2 Å². The van der Waals surface area contributed by atoms with E-state index in [4.69, 9.17) is 51.9 Å². The number of hydrogen-bond acceptors (Lipinski definition) is 8. The molecular formula is C33H34Cl2O8. The second-order valence-corrected chi connectivity index (χ2v) is 12.9. The minimum atomic E-state index is -1.02. The van der Waals surface area contributed by atoms with Crippen molar-refractivity contribution in [2.45, 2.75) is 70.1 Å². The molecule has 5 aliphatic rings. The molecule has 5 fully saturated rings. The van der Waals surface area contributed by atoms with Gasteiger partial charge in [-0.3, -0.25) is 0 Å². The van der Waals surface area contributed by atoms with Crippen LogP contribution < -0.4 is 0 Å². The van der Waals surface area contributed by atoms with Crippen molar-refractivity contribution in [2.75, 3.05) is 0 Å². The van der Waals surface area contributed by atoms with Crippen molar-refractivity contribution in [1.82, 2.24) is 0 Å². The van der Waals surface area contributed by atoms with Crippen molar-refractivity contribution in [3.8, 4) is 0 Å². The zero-order valence-corrected chi connectivity index (χ0v) is 25.6. The fourth-order valence-corrected chi connectivity index (χ4v) is 7.39. The summed E-state index contributed by atoms with van der Waals surface area (Å²) in [4.78, 5) is 38.0. The van der Waals surface area contributed by atoms with Crippen LogP contribution in [0.1, 0.15) is 51.2 Å². The SMILES string of the molecule is C[C@@H]1[C@H](OC(=O)/C=C/c2cccc(Cl)c2)C[C@H]2[C@@H](C)[C@H](OC(=O)/C=C/c3cccc(Cl)c3)O[C@@H]3O[C@@]4(C)CC[C@@H]1[C@]32OO4. The van der Waals surface area contributed by atoms with Gasteiger partial charge in [0.05, 0.1) is 0 Å². The predicted octanol–water partition coefficient (Wildman–Crippen LogP) is 6.99. The molecule has 0 N–H and O–H groups in total. The van der Waals surface area contributed by atoms with E-state index in [1.165, 1.54) is 12.2 Å². The van der Waals surface area contributed by atoms with E-state index in [9.17, 15) is 9.59 Å². The molecule has 0 amide bonds. The van der Waals surface area contributed by atoms with Crippen molar-refractivity contribution in [1.29, 1.82) is 0 Å². The summed E-state index contributed by atoms with van der Waals surface area (Å²) in [5.74, 6) is -2.80. The summed E-state index contributed by atoms with van der Waals surface area (Å²) in [7, 11) is 0. The number of rotatable bonds is 6. The van der Waals surface area contributed by atoms with Crippen LogP contribution in [0.2, 0.25) is 10.0 Å². The third kappa shape index (κ3) is 6.01. The van der Waals surface area contributed by atoms with Gasteiger partial charge in [-0.2, -0.15) is 0 Å². The van der Waals surface area contributed by atoms with Crippen LogP contribution in [0.15, 0.2) is 60.7 Å². The number of esters is 2. The van der Waals surface area contributed by atoms with Gasteiger partial charge in [0.1, 0.15) is 6.10 Å². The molecule has 2 bridgehead atoms. The monoisotopic (exact) mass is 628 g/mol. The first-order valence-electron chi connectivity index (χ1n) is 14.5. The van der Waals surface area contributed by atoms with Gasteiger partial charge < -0.3 is 18.9 Å². The number of carbonyl (C=O) groups is 2. The van der Waals surface area contributed by atoms with Gasteiger partial charge in [-0.1, -0.05) is 61.3 Å². The highest BCUT2D eigenvalue weighted by atomic mass is 35.5. The van der Waals surface area contributed by atoms with Crippen molar-refractivity contribution in [2.24, 2.45) is 23.7 Å². The Morgan fingerprint density at radius 2 is 1.51 bits per heavy atom. The summed E-state index contributed by atoms with van der Waals surface area (Å²) in [6.07, 6.45) is 5.64. The fourth-order valence-electron chi connectivity index (χ4n) is 6.99. The molecule has 8 nitrogen and oxygen atoms in total. The van der Waals surface area contributed by atoms with Gasteiger partial charge in [0.2, 0.25) is 12.1 Å². The Kier molecular flexibility index (Phi) is 8.45. The Labute approximate surface area is 260 Å². The van der Waals surface area contributed by atoms with Crippen LogP contribution in [-0.4, -0.2) is 42.0 Å². The standard InChI is InChI=1S/C33H34Cl2O8/c1-19-25-14-15-32(3)41-31-33(25,43-42-32)26(18-27(19)38-28(36)12-10-21-6-4-8-23(34)16-21)20(2)30(40-31)39-29(37)13-11-22-7-5-9-24(35)17-22/h4-13,16-17,19-20,25-27,30-31H,14-15,18H2,1-3H3/b12-10+,13-11+/t19-,20+,25-,26-,27+,30+,31+,32+,33+/m0/s1. The number of benzene rings is 2. The average Bonchev–Trinajstić information content (AvgIpc) is 3.20. The quantitative estimate of drug-likeness (QED) is 0.192. The summed E-state index contributed by atoms with van der Waals surface area (Å²) < 4.78 is 24.6. The Balaban J connectivity index is 1.22. The Morgan fingerprint density at radius 1 is 0.884 bits per heavy atom. The molecule has 10 heteroatoms. The van der Waals surface area contributed by atoms with E-state index in [1.807, 2.05) is 32.0 Å². The molecule has 0 aromatic heterocycles. The molecule has 1 spiro atoms. The maximum atomic E-state index is 13.0. The first-order chi connectivity index (χ1) is 20.6. The van der Waals surface area contributed by atoms with Crippen molar-refractivity contribution >= 4 is 47.3 Å². The zero-order valence-electron chi connectivity index (χ0n) is 24.1. The van der Waals surface area contributed by atoms with E-state index in [1.54, 1.807) is 42.5 Å². The van der Waals surface area contributed by atoms with Gasteiger partial charge in [-0.25, -0.2) is 19.4 Å². The van der Waals surface area contributed by atoms with Gasteiger partial charge in [0.15, 0.2) is 11.9 Å². The van der Waals surface area contributed by atoms with Gasteiger partial charge in [-0.05, 0) is 73.2 Å². The first-order valence-corrected chi connectivity index (χ1v) is 15.3. The predicted molar refractivity (Wildman–Crippen MR) is 159 cm³/mol. The molecule has 43 heavy (non-hydrogen) atoms. The number of ether oxygens (including phenoxy) is 4. The zero-order chi connectivity index (χ0) is 30.4. The third-order valence-corrected chi connectivity index (χ3v) is 9.68. The summed E-state index contributed by atoms with van der Waals surface area (Å²) in [5.41, 5.74) is 0.613. The number of halogens is 2. The largest absolute Gasteiger partial charge is 0.459 e.